The van der Waals surface area contributed by atoms with Gasteiger partial charge in [-0.1, -0.05) is 0 Å². The molecule has 0 bridgehead atoms. The van der Waals surface area contributed by atoms with Crippen LogP contribution in [0.3, 0.4) is 0 Å². The number of ketones is 1. The zero-order valence-corrected chi connectivity index (χ0v) is 8.24. The van der Waals surface area contributed by atoms with Gasteiger partial charge in [0.15, 0.2) is 0 Å². The Bertz CT molecular complexity index is 165. The smallest absolute Gasteiger partial charge is 0.132 e. The molecule has 2 aliphatic rings. The van der Waals surface area contributed by atoms with E-state index < -0.39 is 0 Å². The Labute approximate surface area is 78.3 Å². The van der Waals surface area contributed by atoms with Crippen LogP contribution in [0.2, 0.25) is 0 Å². The second-order valence-electron chi connectivity index (χ2n) is 4.01. The van der Waals surface area contributed by atoms with Gasteiger partial charge in [-0.05, 0) is 37.4 Å². The number of hydrogen-bond donors (Lipinski definition) is 0. The minimum absolute atomic E-state index is 0.485. The lowest BCUT2D eigenvalue weighted by Crippen LogP contribution is -2.16. The molecule has 2 saturated carbocycles. The van der Waals surface area contributed by atoms with Gasteiger partial charge in [0.05, 0.1) is 0 Å². The molecule has 0 aromatic heterocycles. The minimum Gasteiger partial charge on any atom is -0.300 e. The fourth-order valence-corrected chi connectivity index (χ4v) is 3.08. The predicted octanol–water partition coefficient (Wildman–Crippen LogP) is 2.64. The van der Waals surface area contributed by atoms with Crippen molar-refractivity contribution in [3.8, 4) is 0 Å². The summed E-state index contributed by atoms with van der Waals surface area (Å²) in [5.41, 5.74) is 0. The van der Waals surface area contributed by atoms with E-state index in [1.54, 1.807) is 0 Å². The maximum atomic E-state index is 10.9. The molecule has 0 spiro atoms. The van der Waals surface area contributed by atoms with E-state index in [1.807, 2.05) is 0 Å². The standard InChI is InChI=1S/C10H16OS/c11-9-3-5-10(6-4-9)12-7-8-1-2-8/h8,10H,1-7H2. The van der Waals surface area contributed by atoms with Crippen LogP contribution < -0.4 is 0 Å². The Morgan fingerprint density at radius 2 is 1.83 bits per heavy atom. The van der Waals surface area contributed by atoms with Crippen molar-refractivity contribution in [2.24, 2.45) is 5.92 Å². The normalized spacial score (nSPS) is 26.2. The molecular formula is C10H16OS. The summed E-state index contributed by atoms with van der Waals surface area (Å²) in [6.07, 6.45) is 6.91. The molecule has 68 valence electrons. The molecule has 12 heavy (non-hydrogen) atoms. The molecule has 0 unspecified atom stereocenters. The lowest BCUT2D eigenvalue weighted by Gasteiger charge is -2.19. The van der Waals surface area contributed by atoms with Crippen molar-refractivity contribution in [2.75, 3.05) is 5.75 Å². The molecule has 1 nitrogen and oxygen atoms in total. The van der Waals surface area contributed by atoms with E-state index in [2.05, 4.69) is 11.8 Å². The van der Waals surface area contributed by atoms with Gasteiger partial charge in [0.2, 0.25) is 0 Å². The van der Waals surface area contributed by atoms with Crippen molar-refractivity contribution in [3.05, 3.63) is 0 Å². The van der Waals surface area contributed by atoms with Crippen molar-refractivity contribution in [1.29, 1.82) is 0 Å². The Morgan fingerprint density at radius 1 is 1.17 bits per heavy atom. The summed E-state index contributed by atoms with van der Waals surface area (Å²) in [7, 11) is 0. The summed E-state index contributed by atoms with van der Waals surface area (Å²) in [6, 6.07) is 0. The van der Waals surface area contributed by atoms with E-state index >= 15 is 0 Å². The van der Waals surface area contributed by atoms with E-state index in [9.17, 15) is 4.79 Å². The van der Waals surface area contributed by atoms with Crippen LogP contribution in [-0.4, -0.2) is 16.8 Å². The van der Waals surface area contributed by atoms with Crippen molar-refractivity contribution in [2.45, 2.75) is 43.8 Å². The van der Waals surface area contributed by atoms with E-state index in [4.69, 9.17) is 0 Å². The van der Waals surface area contributed by atoms with Gasteiger partial charge in [-0.3, -0.25) is 4.79 Å². The van der Waals surface area contributed by atoms with Gasteiger partial charge in [-0.2, -0.15) is 11.8 Å². The van der Waals surface area contributed by atoms with E-state index in [-0.39, 0.29) is 0 Å². The van der Waals surface area contributed by atoms with Crippen LogP contribution in [0.25, 0.3) is 0 Å². The molecule has 2 heteroatoms. The number of Topliss-reactive ketones (excluding diaryl/α,β-unsaturated/α-hetero) is 1. The fraction of sp³-hybridized carbons (Fsp3) is 0.900. The highest BCUT2D eigenvalue weighted by atomic mass is 32.2. The quantitative estimate of drug-likeness (QED) is 0.670. The predicted molar refractivity (Wildman–Crippen MR) is 52.4 cm³/mol. The first-order chi connectivity index (χ1) is 5.84. The number of carbonyl (C=O) groups is 1. The second kappa shape index (κ2) is 3.82. The van der Waals surface area contributed by atoms with Gasteiger partial charge in [0.1, 0.15) is 5.78 Å². The molecule has 2 aliphatic carbocycles. The third kappa shape index (κ3) is 2.51. The topological polar surface area (TPSA) is 17.1 Å². The minimum atomic E-state index is 0.485. The molecule has 2 rings (SSSR count). The van der Waals surface area contributed by atoms with Crippen LogP contribution >= 0.6 is 11.8 Å². The average molecular weight is 184 g/mol. The maximum absolute atomic E-state index is 10.9. The molecule has 0 aromatic rings. The van der Waals surface area contributed by atoms with Gasteiger partial charge >= 0.3 is 0 Å². The van der Waals surface area contributed by atoms with Gasteiger partial charge in [0, 0.05) is 18.1 Å². The van der Waals surface area contributed by atoms with Gasteiger partial charge in [0.25, 0.3) is 0 Å². The molecular weight excluding hydrogens is 168 g/mol. The lowest BCUT2D eigenvalue weighted by molar-refractivity contribution is -0.120. The van der Waals surface area contributed by atoms with Crippen molar-refractivity contribution < 1.29 is 4.79 Å². The molecule has 0 atom stereocenters. The summed E-state index contributed by atoms with van der Waals surface area (Å²) in [5, 5.41) is 0.809. The Hall–Kier alpha value is 0.0200. The first-order valence-corrected chi connectivity index (χ1v) is 6.03. The number of thioether (sulfide) groups is 1. The fourth-order valence-electron chi connectivity index (χ4n) is 1.64. The van der Waals surface area contributed by atoms with Crippen LogP contribution in [0, 0.1) is 5.92 Å². The summed E-state index contributed by atoms with van der Waals surface area (Å²) in [4.78, 5) is 10.9. The first kappa shape index (κ1) is 8.61. The molecule has 0 aliphatic heterocycles. The highest BCUT2D eigenvalue weighted by molar-refractivity contribution is 7.99. The Morgan fingerprint density at radius 3 is 2.42 bits per heavy atom. The number of hydrogen-bond acceptors (Lipinski definition) is 2. The molecule has 0 N–H and O–H groups in total. The van der Waals surface area contributed by atoms with Gasteiger partial charge < -0.3 is 0 Å². The van der Waals surface area contributed by atoms with Crippen molar-refractivity contribution >= 4 is 17.5 Å². The first-order valence-electron chi connectivity index (χ1n) is 4.98. The zero-order valence-electron chi connectivity index (χ0n) is 7.42. The lowest BCUT2D eigenvalue weighted by atomic mass is 9.99. The van der Waals surface area contributed by atoms with Crippen molar-refractivity contribution in [3.63, 3.8) is 0 Å². The average Bonchev–Trinajstić information content (AvgIpc) is 2.87. The molecule has 0 amide bonds. The SMILES string of the molecule is O=C1CCC(SCC2CC2)CC1. The second-order valence-corrected chi connectivity index (χ2v) is 5.35. The summed E-state index contributed by atoms with van der Waals surface area (Å²) in [6.45, 7) is 0. The highest BCUT2D eigenvalue weighted by Crippen LogP contribution is 2.36. The molecule has 0 heterocycles. The molecule has 0 radical (unpaired) electrons. The highest BCUT2D eigenvalue weighted by Gasteiger charge is 2.24. The van der Waals surface area contributed by atoms with Crippen LogP contribution in [0.4, 0.5) is 0 Å². The Balaban J connectivity index is 1.63. The van der Waals surface area contributed by atoms with E-state index in [0.717, 1.165) is 36.9 Å². The number of carbonyl (C=O) groups excluding carboxylic acids is 1. The maximum Gasteiger partial charge on any atom is 0.132 e. The third-order valence-electron chi connectivity index (χ3n) is 2.75. The van der Waals surface area contributed by atoms with Crippen LogP contribution in [0.15, 0.2) is 0 Å². The molecule has 2 fully saturated rings. The summed E-state index contributed by atoms with van der Waals surface area (Å²) >= 11 is 2.12. The van der Waals surface area contributed by atoms with E-state index in [1.165, 1.54) is 18.6 Å². The summed E-state index contributed by atoms with van der Waals surface area (Å²) in [5.74, 6) is 2.88. The zero-order chi connectivity index (χ0) is 8.39. The van der Waals surface area contributed by atoms with E-state index in [0.29, 0.717) is 5.78 Å². The summed E-state index contributed by atoms with van der Waals surface area (Å²) < 4.78 is 0. The molecule has 0 aromatic carbocycles. The third-order valence-corrected chi connectivity index (χ3v) is 4.36. The monoisotopic (exact) mass is 184 g/mol. The van der Waals surface area contributed by atoms with Gasteiger partial charge in [-0.25, -0.2) is 0 Å². The van der Waals surface area contributed by atoms with Gasteiger partial charge in [-0.15, -0.1) is 0 Å². The largest absolute Gasteiger partial charge is 0.300 e. The number of rotatable bonds is 3. The van der Waals surface area contributed by atoms with Crippen molar-refractivity contribution in [1.82, 2.24) is 0 Å². The Kier molecular flexibility index (Phi) is 2.74. The molecule has 0 saturated heterocycles. The van der Waals surface area contributed by atoms with Crippen LogP contribution in [0.1, 0.15) is 38.5 Å². The van der Waals surface area contributed by atoms with Crippen LogP contribution in [0.5, 0.6) is 0 Å². The van der Waals surface area contributed by atoms with Crippen LogP contribution in [-0.2, 0) is 4.79 Å².